The van der Waals surface area contributed by atoms with Crippen LogP contribution < -0.4 is 16.0 Å². The molecule has 0 radical (unpaired) electrons. The Morgan fingerprint density at radius 2 is 1.88 bits per heavy atom. The van der Waals surface area contributed by atoms with Gasteiger partial charge in [0, 0.05) is 36.3 Å². The lowest BCUT2D eigenvalue weighted by atomic mass is 9.82. The first-order chi connectivity index (χ1) is 15.8. The molecule has 4 rings (SSSR count). The van der Waals surface area contributed by atoms with Gasteiger partial charge in [0.15, 0.2) is 5.82 Å². The van der Waals surface area contributed by atoms with Crippen LogP contribution in [-0.4, -0.2) is 34.8 Å². The zero-order valence-corrected chi connectivity index (χ0v) is 18.1. The van der Waals surface area contributed by atoms with Crippen LogP contribution in [0.15, 0.2) is 42.7 Å². The number of hydrogen-bond donors (Lipinski definition) is 3. The highest BCUT2D eigenvalue weighted by molar-refractivity contribution is 5.98. The minimum Gasteiger partial charge on any atom is -0.353 e. The molecule has 1 aromatic carbocycles. The Hall–Kier alpha value is -3.10. The molecule has 0 bridgehead atoms. The average molecular weight is 461 g/mol. The molecule has 2 fully saturated rings. The van der Waals surface area contributed by atoms with E-state index in [4.69, 9.17) is 0 Å². The summed E-state index contributed by atoms with van der Waals surface area (Å²) in [5.41, 5.74) is 1.02. The monoisotopic (exact) mass is 460 g/mol. The first kappa shape index (κ1) is 23.1. The second-order valence-corrected chi connectivity index (χ2v) is 8.91. The summed E-state index contributed by atoms with van der Waals surface area (Å²) in [6.07, 6.45) is 4.93. The fourth-order valence-electron chi connectivity index (χ4n) is 4.04. The highest BCUT2D eigenvalue weighted by atomic mass is 19.3. The number of anilines is 2. The summed E-state index contributed by atoms with van der Waals surface area (Å²) in [6, 6.07) is 7.30. The minimum atomic E-state index is -2.65. The van der Waals surface area contributed by atoms with Crippen LogP contribution in [0.1, 0.15) is 55.3 Å². The molecule has 33 heavy (non-hydrogen) atoms. The number of nitrogens with one attached hydrogen (secondary N) is 3. The molecule has 2 aliphatic carbocycles. The van der Waals surface area contributed by atoms with E-state index in [9.17, 15) is 22.8 Å². The first-order valence-electron chi connectivity index (χ1n) is 11.2. The van der Waals surface area contributed by atoms with E-state index in [1.54, 1.807) is 24.3 Å². The number of carbonyl (C=O) groups excluding carboxylic acids is 2. The number of rotatable bonds is 8. The molecule has 3 N–H and O–H groups in total. The van der Waals surface area contributed by atoms with Crippen LogP contribution >= 0.6 is 0 Å². The van der Waals surface area contributed by atoms with Crippen molar-refractivity contribution in [2.45, 2.75) is 63.0 Å². The van der Waals surface area contributed by atoms with Crippen molar-refractivity contribution in [2.24, 2.45) is 5.92 Å². The van der Waals surface area contributed by atoms with Crippen molar-refractivity contribution in [3.05, 3.63) is 54.1 Å². The van der Waals surface area contributed by atoms with Crippen molar-refractivity contribution < 1.29 is 22.8 Å². The van der Waals surface area contributed by atoms with Crippen molar-refractivity contribution in [2.75, 3.05) is 5.32 Å². The Labute approximate surface area is 190 Å². The zero-order chi connectivity index (χ0) is 23.4. The summed E-state index contributed by atoms with van der Waals surface area (Å²) in [6.45, 7) is 0. The summed E-state index contributed by atoms with van der Waals surface area (Å²) in [5.74, 6) is -3.96. The predicted molar refractivity (Wildman–Crippen MR) is 118 cm³/mol. The molecule has 1 atom stereocenters. The number of carbonyl (C=O) groups is 2. The topological polar surface area (TPSA) is 83.1 Å². The van der Waals surface area contributed by atoms with Gasteiger partial charge in [-0.15, -0.1) is 0 Å². The zero-order valence-electron chi connectivity index (χ0n) is 18.1. The highest BCUT2D eigenvalue weighted by Gasteiger charge is 2.37. The van der Waals surface area contributed by atoms with Gasteiger partial charge < -0.3 is 16.0 Å². The van der Waals surface area contributed by atoms with Crippen molar-refractivity contribution in [3.63, 3.8) is 0 Å². The Bertz CT molecular complexity index is 1000. The summed E-state index contributed by atoms with van der Waals surface area (Å²) in [5, 5.41) is 8.60. The molecule has 2 saturated carbocycles. The lowest BCUT2D eigenvalue weighted by molar-refractivity contribution is -0.123. The van der Waals surface area contributed by atoms with Gasteiger partial charge in [0.1, 0.15) is 6.04 Å². The molecule has 2 aromatic rings. The fourth-order valence-corrected chi connectivity index (χ4v) is 4.04. The number of amides is 2. The van der Waals surface area contributed by atoms with Crippen molar-refractivity contribution >= 4 is 23.2 Å². The molecule has 2 amide bonds. The molecule has 1 aromatic heterocycles. The van der Waals surface area contributed by atoms with Crippen molar-refractivity contribution in [3.8, 4) is 0 Å². The largest absolute Gasteiger partial charge is 0.353 e. The van der Waals surface area contributed by atoms with Gasteiger partial charge in [-0.3, -0.25) is 14.6 Å². The minimum absolute atomic E-state index is 0.0532. The second-order valence-electron chi connectivity index (χ2n) is 8.91. The van der Waals surface area contributed by atoms with E-state index >= 15 is 0 Å². The SMILES string of the molecule is O=C(NC(CC1CCC(F)(F)CC1)C(=O)NC1CC1)c1cccc(Nc2ccncc2F)c1. The van der Waals surface area contributed by atoms with Crippen LogP contribution in [0.5, 0.6) is 0 Å². The molecule has 1 heterocycles. The van der Waals surface area contributed by atoms with Crippen LogP contribution in [0.3, 0.4) is 0 Å². The number of benzene rings is 1. The van der Waals surface area contributed by atoms with Crippen LogP contribution in [0.2, 0.25) is 0 Å². The maximum Gasteiger partial charge on any atom is 0.252 e. The van der Waals surface area contributed by atoms with Gasteiger partial charge in [-0.25, -0.2) is 13.2 Å². The number of alkyl halides is 2. The fraction of sp³-hybridized carbons (Fsp3) is 0.458. The number of pyridine rings is 1. The standard InChI is InChI=1S/C24H27F3N4O2/c25-19-14-28-11-8-20(19)29-18-3-1-2-16(13-18)22(32)31-21(23(33)30-17-4-5-17)12-15-6-9-24(26,27)10-7-15/h1-3,8,11,13-15,17,21H,4-7,9-10,12H2,(H,28,29)(H,30,33)(H,31,32). The summed E-state index contributed by atoms with van der Waals surface area (Å²) < 4.78 is 40.9. The van der Waals surface area contributed by atoms with Crippen LogP contribution in [0, 0.1) is 11.7 Å². The lowest BCUT2D eigenvalue weighted by Gasteiger charge is -2.30. The van der Waals surface area contributed by atoms with Gasteiger partial charge in [0.25, 0.3) is 5.91 Å². The van der Waals surface area contributed by atoms with E-state index in [0.717, 1.165) is 19.0 Å². The third kappa shape index (κ3) is 6.46. The van der Waals surface area contributed by atoms with Gasteiger partial charge in [-0.05, 0) is 62.3 Å². The predicted octanol–water partition coefficient (Wildman–Crippen LogP) is 4.56. The van der Waals surface area contributed by atoms with Gasteiger partial charge in [-0.1, -0.05) is 6.07 Å². The smallest absolute Gasteiger partial charge is 0.252 e. The van der Waals surface area contributed by atoms with Crippen LogP contribution in [-0.2, 0) is 4.79 Å². The molecule has 0 aliphatic heterocycles. The van der Waals surface area contributed by atoms with E-state index in [2.05, 4.69) is 20.9 Å². The van der Waals surface area contributed by atoms with Gasteiger partial charge in [0.05, 0.1) is 11.9 Å². The molecule has 1 unspecified atom stereocenters. The van der Waals surface area contributed by atoms with Gasteiger partial charge >= 0.3 is 0 Å². The maximum absolute atomic E-state index is 13.9. The van der Waals surface area contributed by atoms with E-state index in [0.29, 0.717) is 30.5 Å². The van der Waals surface area contributed by atoms with E-state index in [-0.39, 0.29) is 36.4 Å². The molecule has 0 saturated heterocycles. The Morgan fingerprint density at radius 3 is 2.58 bits per heavy atom. The van der Waals surface area contributed by atoms with Gasteiger partial charge in [-0.2, -0.15) is 0 Å². The molecular formula is C24H27F3N4O2. The number of hydrogen-bond acceptors (Lipinski definition) is 4. The quantitative estimate of drug-likeness (QED) is 0.540. The molecule has 2 aliphatic rings. The van der Waals surface area contributed by atoms with Crippen molar-refractivity contribution in [1.82, 2.24) is 15.6 Å². The summed E-state index contributed by atoms with van der Waals surface area (Å²) >= 11 is 0. The highest BCUT2D eigenvalue weighted by Crippen LogP contribution is 2.38. The van der Waals surface area contributed by atoms with Crippen LogP contribution in [0.4, 0.5) is 24.5 Å². The summed E-state index contributed by atoms with van der Waals surface area (Å²) in [7, 11) is 0. The maximum atomic E-state index is 13.9. The number of halogens is 3. The third-order valence-corrected chi connectivity index (χ3v) is 6.13. The molecule has 6 nitrogen and oxygen atoms in total. The van der Waals surface area contributed by atoms with E-state index < -0.39 is 23.7 Å². The number of nitrogens with zero attached hydrogens (tertiary/aromatic N) is 1. The average Bonchev–Trinajstić information content (AvgIpc) is 3.60. The second kappa shape index (κ2) is 9.80. The normalized spacial score (nSPS) is 18.9. The Kier molecular flexibility index (Phi) is 6.85. The Balaban J connectivity index is 1.43. The summed E-state index contributed by atoms with van der Waals surface area (Å²) in [4.78, 5) is 29.4. The molecular weight excluding hydrogens is 433 g/mol. The molecule has 176 valence electrons. The lowest BCUT2D eigenvalue weighted by Crippen LogP contribution is -2.48. The molecule has 9 heteroatoms. The Morgan fingerprint density at radius 1 is 1.12 bits per heavy atom. The van der Waals surface area contributed by atoms with Crippen LogP contribution in [0.25, 0.3) is 0 Å². The van der Waals surface area contributed by atoms with E-state index in [1.807, 2.05) is 0 Å². The van der Waals surface area contributed by atoms with Gasteiger partial charge in [0.2, 0.25) is 11.8 Å². The first-order valence-corrected chi connectivity index (χ1v) is 11.2. The third-order valence-electron chi connectivity index (χ3n) is 6.13. The van der Waals surface area contributed by atoms with E-state index in [1.165, 1.54) is 12.3 Å². The number of aromatic nitrogens is 1. The molecule has 0 spiro atoms. The van der Waals surface area contributed by atoms with Crippen molar-refractivity contribution in [1.29, 1.82) is 0 Å².